The first-order valence-corrected chi connectivity index (χ1v) is 20.9. The van der Waals surface area contributed by atoms with Crippen molar-refractivity contribution in [1.29, 1.82) is 0 Å². The molecule has 0 aromatic rings. The number of piperazine rings is 1. The Morgan fingerprint density at radius 2 is 0.860 bits per heavy atom. The minimum absolute atomic E-state index is 0.0780. The smallest absolute Gasteiger partial charge is 0.305 e. The summed E-state index contributed by atoms with van der Waals surface area (Å²) in [5.74, 6) is -0.266. The lowest BCUT2D eigenvalue weighted by atomic mass is 10.1. The molecule has 6 heteroatoms. The Balaban J connectivity index is 2.15. The Labute approximate surface area is 309 Å². The molecule has 50 heavy (non-hydrogen) atoms. The van der Waals surface area contributed by atoms with Crippen LogP contribution in [0.2, 0.25) is 0 Å². The normalized spacial score (nSPS) is 14.7. The van der Waals surface area contributed by atoms with E-state index >= 15 is 0 Å². The molecule has 6 nitrogen and oxygen atoms in total. The minimum Gasteiger partial charge on any atom is -0.464 e. The van der Waals surface area contributed by atoms with Crippen LogP contribution in [-0.2, 0) is 19.1 Å². The van der Waals surface area contributed by atoms with Gasteiger partial charge in [0.05, 0.1) is 6.04 Å². The van der Waals surface area contributed by atoms with E-state index in [1.54, 1.807) is 0 Å². The monoisotopic (exact) mass is 699 g/mol. The van der Waals surface area contributed by atoms with Crippen molar-refractivity contribution in [1.82, 2.24) is 9.80 Å². The molecular weight excluding hydrogens is 620 g/mol. The lowest BCUT2D eigenvalue weighted by Gasteiger charge is -2.37. The maximum atomic E-state index is 12.5. The van der Waals surface area contributed by atoms with E-state index in [9.17, 15) is 9.59 Å². The summed E-state index contributed by atoms with van der Waals surface area (Å²) < 4.78 is 11.4. The summed E-state index contributed by atoms with van der Waals surface area (Å²) >= 11 is 0. The number of allylic oxidation sites excluding steroid dienone is 8. The van der Waals surface area contributed by atoms with E-state index in [0.29, 0.717) is 26.1 Å². The second-order valence-corrected chi connectivity index (χ2v) is 14.3. The number of unbranched alkanes of at least 4 members (excludes halogenated alkanes) is 16. The Morgan fingerprint density at radius 1 is 0.500 bits per heavy atom. The van der Waals surface area contributed by atoms with E-state index in [1.165, 1.54) is 77.0 Å². The molecule has 0 radical (unpaired) electrons. The van der Waals surface area contributed by atoms with Crippen molar-refractivity contribution in [2.75, 3.05) is 46.4 Å². The first-order valence-electron chi connectivity index (χ1n) is 20.9. The third-order valence-corrected chi connectivity index (χ3v) is 9.59. The van der Waals surface area contributed by atoms with Crippen LogP contribution >= 0.6 is 0 Å². The van der Waals surface area contributed by atoms with Gasteiger partial charge in [-0.2, -0.15) is 0 Å². The van der Waals surface area contributed by atoms with Gasteiger partial charge in [0.2, 0.25) is 0 Å². The Hall–Kier alpha value is -2.18. The SMILES string of the molecule is CCCCC/C=C/C/C=C/CCCCCCCC(=O)OCC(COC(=O)CCCCCCC/C=C/C/C=C/CCCCC)N1CCN(C)CC1. The zero-order valence-corrected chi connectivity index (χ0v) is 32.9. The number of rotatable bonds is 33. The quantitative estimate of drug-likeness (QED) is 0.0386. The molecule has 0 spiro atoms. The molecule has 0 N–H and O–H groups in total. The van der Waals surface area contributed by atoms with Gasteiger partial charge < -0.3 is 14.4 Å². The van der Waals surface area contributed by atoms with Gasteiger partial charge in [-0.25, -0.2) is 0 Å². The third-order valence-electron chi connectivity index (χ3n) is 9.59. The van der Waals surface area contributed by atoms with Crippen molar-refractivity contribution < 1.29 is 19.1 Å². The summed E-state index contributed by atoms with van der Waals surface area (Å²) in [6, 6.07) is -0.0780. The zero-order chi connectivity index (χ0) is 36.2. The summed E-state index contributed by atoms with van der Waals surface area (Å²) in [4.78, 5) is 29.7. The molecule has 0 aromatic heterocycles. The highest BCUT2D eigenvalue weighted by Crippen LogP contribution is 2.13. The Morgan fingerprint density at radius 3 is 1.26 bits per heavy atom. The standard InChI is InChI=1S/C44H78N2O4/c1-4-6-8-10-12-14-16-18-20-22-24-26-28-30-32-34-43(47)49-40-42(46-38-36-45(3)37-39-46)41-50-44(48)35-33-31-29-27-25-23-21-19-17-15-13-11-9-7-5-2/h12-15,18-21,42H,4-11,16-17,22-41H2,1-3H3/b14-12+,15-13+,20-18+,21-19+. The molecule has 1 aliphatic heterocycles. The van der Waals surface area contributed by atoms with Crippen molar-refractivity contribution in [2.45, 2.75) is 174 Å². The number of carbonyl (C=O) groups is 2. The second-order valence-electron chi connectivity index (χ2n) is 14.3. The van der Waals surface area contributed by atoms with E-state index in [-0.39, 0.29) is 18.0 Å². The number of esters is 2. The maximum Gasteiger partial charge on any atom is 0.305 e. The van der Waals surface area contributed by atoms with Crippen molar-refractivity contribution in [3.63, 3.8) is 0 Å². The number of nitrogens with zero attached hydrogens (tertiary/aromatic N) is 2. The third kappa shape index (κ3) is 29.5. The highest BCUT2D eigenvalue weighted by molar-refractivity contribution is 5.69. The van der Waals surface area contributed by atoms with Gasteiger partial charge in [-0.3, -0.25) is 14.5 Å². The summed E-state index contributed by atoms with van der Waals surface area (Å²) in [5, 5.41) is 0. The Kier molecular flexibility index (Phi) is 32.3. The van der Waals surface area contributed by atoms with Crippen LogP contribution in [0, 0.1) is 0 Å². The zero-order valence-electron chi connectivity index (χ0n) is 32.9. The van der Waals surface area contributed by atoms with Crippen LogP contribution in [0.1, 0.15) is 168 Å². The number of hydrogen-bond donors (Lipinski definition) is 0. The van der Waals surface area contributed by atoms with Gasteiger partial charge in [-0.15, -0.1) is 0 Å². The van der Waals surface area contributed by atoms with E-state index in [2.05, 4.69) is 79.3 Å². The van der Waals surface area contributed by atoms with Crippen LogP contribution in [-0.4, -0.2) is 74.2 Å². The summed E-state index contributed by atoms with van der Waals surface area (Å²) in [7, 11) is 2.13. The molecule has 0 amide bonds. The van der Waals surface area contributed by atoms with E-state index in [1.807, 2.05) is 0 Å². The molecule has 0 bridgehead atoms. The molecule has 288 valence electrons. The summed E-state index contributed by atoms with van der Waals surface area (Å²) in [6.07, 6.45) is 44.9. The van der Waals surface area contributed by atoms with Crippen LogP contribution in [0.4, 0.5) is 0 Å². The number of hydrogen-bond acceptors (Lipinski definition) is 6. The second kappa shape index (κ2) is 35.2. The van der Waals surface area contributed by atoms with Gasteiger partial charge in [-0.05, 0) is 84.1 Å². The van der Waals surface area contributed by atoms with Gasteiger partial charge in [0.25, 0.3) is 0 Å². The fourth-order valence-electron chi connectivity index (χ4n) is 6.13. The van der Waals surface area contributed by atoms with Crippen LogP contribution < -0.4 is 0 Å². The lowest BCUT2D eigenvalue weighted by molar-refractivity contribution is -0.150. The fourth-order valence-corrected chi connectivity index (χ4v) is 6.13. The number of carbonyl (C=O) groups excluding carboxylic acids is 2. The maximum absolute atomic E-state index is 12.5. The summed E-state index contributed by atoms with van der Waals surface area (Å²) in [5.41, 5.74) is 0. The molecule has 1 rings (SSSR count). The predicted octanol–water partition coefficient (Wildman–Crippen LogP) is 11.3. The molecule has 1 aliphatic rings. The van der Waals surface area contributed by atoms with E-state index in [0.717, 1.165) is 90.4 Å². The van der Waals surface area contributed by atoms with E-state index in [4.69, 9.17) is 9.47 Å². The lowest BCUT2D eigenvalue weighted by Crippen LogP contribution is -2.52. The number of ether oxygens (including phenoxy) is 2. The van der Waals surface area contributed by atoms with Gasteiger partial charge in [0.1, 0.15) is 13.2 Å². The van der Waals surface area contributed by atoms with Crippen LogP contribution in [0.15, 0.2) is 48.6 Å². The van der Waals surface area contributed by atoms with Crippen molar-refractivity contribution >= 4 is 11.9 Å². The molecule has 0 aliphatic carbocycles. The van der Waals surface area contributed by atoms with Crippen molar-refractivity contribution in [3.8, 4) is 0 Å². The molecule has 1 fully saturated rings. The molecule has 0 aromatic carbocycles. The van der Waals surface area contributed by atoms with Crippen LogP contribution in [0.25, 0.3) is 0 Å². The van der Waals surface area contributed by atoms with Gasteiger partial charge in [-0.1, -0.05) is 127 Å². The molecule has 0 atom stereocenters. The predicted molar refractivity (Wildman–Crippen MR) is 213 cm³/mol. The minimum atomic E-state index is -0.133. The average Bonchev–Trinajstić information content (AvgIpc) is 3.12. The molecule has 1 saturated heterocycles. The first kappa shape index (κ1) is 45.8. The average molecular weight is 699 g/mol. The Bertz CT molecular complexity index is 842. The number of likely N-dealkylation sites (N-methyl/N-ethyl adjacent to an activating group) is 1. The van der Waals surface area contributed by atoms with Gasteiger partial charge in [0.15, 0.2) is 0 Å². The topological polar surface area (TPSA) is 59.1 Å². The van der Waals surface area contributed by atoms with Crippen molar-refractivity contribution in [2.24, 2.45) is 0 Å². The van der Waals surface area contributed by atoms with Gasteiger partial charge in [0, 0.05) is 39.0 Å². The molecule has 0 unspecified atom stereocenters. The highest BCUT2D eigenvalue weighted by Gasteiger charge is 2.25. The van der Waals surface area contributed by atoms with E-state index < -0.39 is 0 Å². The van der Waals surface area contributed by atoms with Gasteiger partial charge >= 0.3 is 11.9 Å². The van der Waals surface area contributed by atoms with Crippen LogP contribution in [0.3, 0.4) is 0 Å². The van der Waals surface area contributed by atoms with Crippen LogP contribution in [0.5, 0.6) is 0 Å². The molecule has 0 saturated carbocycles. The molecule has 1 heterocycles. The fraction of sp³-hybridized carbons (Fsp3) is 0.773. The van der Waals surface area contributed by atoms with Crippen molar-refractivity contribution in [3.05, 3.63) is 48.6 Å². The highest BCUT2D eigenvalue weighted by atomic mass is 16.5. The summed E-state index contributed by atoms with van der Waals surface area (Å²) in [6.45, 7) is 8.80. The first-order chi connectivity index (χ1) is 24.6. The largest absolute Gasteiger partial charge is 0.464 e. The molecular formula is C44H78N2O4.